The van der Waals surface area contributed by atoms with Crippen LogP contribution in [0.5, 0.6) is 0 Å². The average molecular weight is 286 g/mol. The maximum absolute atomic E-state index is 12.2. The van der Waals surface area contributed by atoms with Gasteiger partial charge in [-0.2, -0.15) is 4.31 Å². The standard InChI is InChI=1S/C11H18N4O3S/c1-13-8-10(12-9-13)19(17,18)14(2)6-7-15-5-3-4-11(15)16/h8-9H,3-7H2,1-2H3. The fourth-order valence-electron chi connectivity index (χ4n) is 2.00. The van der Waals surface area contributed by atoms with Crippen LogP contribution in [-0.4, -0.2) is 59.8 Å². The number of aromatic nitrogens is 2. The SMILES string of the molecule is CN(CCN1CCCC1=O)S(=O)(=O)c1cn(C)cn1. The van der Waals surface area contributed by atoms with Crippen LogP contribution in [-0.2, 0) is 21.9 Å². The number of hydrogen-bond donors (Lipinski definition) is 0. The van der Waals surface area contributed by atoms with E-state index in [2.05, 4.69) is 4.98 Å². The van der Waals surface area contributed by atoms with Gasteiger partial charge >= 0.3 is 0 Å². The number of amides is 1. The van der Waals surface area contributed by atoms with E-state index in [0.29, 0.717) is 13.0 Å². The van der Waals surface area contributed by atoms with Crippen molar-refractivity contribution in [3.05, 3.63) is 12.5 Å². The second-order valence-corrected chi connectivity index (χ2v) is 6.68. The van der Waals surface area contributed by atoms with Gasteiger partial charge in [-0.15, -0.1) is 0 Å². The summed E-state index contributed by atoms with van der Waals surface area (Å²) in [6, 6.07) is 0. The van der Waals surface area contributed by atoms with Gasteiger partial charge in [0.15, 0.2) is 5.03 Å². The van der Waals surface area contributed by atoms with E-state index in [1.807, 2.05) is 0 Å². The minimum Gasteiger partial charge on any atom is -0.341 e. The van der Waals surface area contributed by atoms with Crippen molar-refractivity contribution < 1.29 is 13.2 Å². The van der Waals surface area contributed by atoms with E-state index in [1.165, 1.54) is 23.9 Å². The highest BCUT2D eigenvalue weighted by molar-refractivity contribution is 7.89. The topological polar surface area (TPSA) is 75.5 Å². The predicted octanol–water partition coefficient (Wildman–Crippen LogP) is -0.337. The minimum atomic E-state index is -3.56. The third-order valence-electron chi connectivity index (χ3n) is 3.21. The van der Waals surface area contributed by atoms with Crippen molar-refractivity contribution in [3.8, 4) is 0 Å². The van der Waals surface area contributed by atoms with Crippen LogP contribution in [0.3, 0.4) is 0 Å². The van der Waals surface area contributed by atoms with E-state index in [0.717, 1.165) is 13.0 Å². The van der Waals surface area contributed by atoms with Crippen molar-refractivity contribution in [2.24, 2.45) is 7.05 Å². The number of nitrogens with zero attached hydrogens (tertiary/aromatic N) is 4. The monoisotopic (exact) mass is 286 g/mol. The number of likely N-dealkylation sites (N-methyl/N-ethyl adjacent to an activating group) is 1. The lowest BCUT2D eigenvalue weighted by Crippen LogP contribution is -2.37. The van der Waals surface area contributed by atoms with Gasteiger partial charge in [0.1, 0.15) is 0 Å². The molecule has 0 N–H and O–H groups in total. The Labute approximate surface area is 112 Å². The Morgan fingerprint density at radius 2 is 2.21 bits per heavy atom. The Balaban J connectivity index is 1.99. The Morgan fingerprint density at radius 1 is 1.47 bits per heavy atom. The van der Waals surface area contributed by atoms with E-state index in [9.17, 15) is 13.2 Å². The predicted molar refractivity (Wildman–Crippen MR) is 68.8 cm³/mol. The van der Waals surface area contributed by atoms with Gasteiger partial charge in [-0.25, -0.2) is 13.4 Å². The number of carbonyl (C=O) groups is 1. The normalized spacial score (nSPS) is 16.6. The summed E-state index contributed by atoms with van der Waals surface area (Å²) in [5, 5.41) is 0.0326. The van der Waals surface area contributed by atoms with Crippen LogP contribution in [0.4, 0.5) is 0 Å². The number of likely N-dealkylation sites (tertiary alicyclic amines) is 1. The Morgan fingerprint density at radius 3 is 2.74 bits per heavy atom. The third-order valence-corrected chi connectivity index (χ3v) is 4.95. The first kappa shape index (κ1) is 14.0. The molecule has 2 heterocycles. The molecule has 0 saturated carbocycles. The molecule has 0 atom stereocenters. The molecule has 7 nitrogen and oxygen atoms in total. The van der Waals surface area contributed by atoms with Crippen LogP contribution in [0.15, 0.2) is 17.6 Å². The second-order valence-electron chi connectivity index (χ2n) is 4.69. The van der Waals surface area contributed by atoms with Crippen molar-refractivity contribution in [3.63, 3.8) is 0 Å². The van der Waals surface area contributed by atoms with Crippen molar-refractivity contribution in [2.75, 3.05) is 26.7 Å². The van der Waals surface area contributed by atoms with Gasteiger partial charge in [-0.05, 0) is 6.42 Å². The highest BCUT2D eigenvalue weighted by Crippen LogP contribution is 2.13. The molecular weight excluding hydrogens is 268 g/mol. The summed E-state index contributed by atoms with van der Waals surface area (Å²) >= 11 is 0. The Hall–Kier alpha value is -1.41. The number of hydrogen-bond acceptors (Lipinski definition) is 4. The molecule has 19 heavy (non-hydrogen) atoms. The first-order valence-corrected chi connectivity index (χ1v) is 7.57. The lowest BCUT2D eigenvalue weighted by Gasteiger charge is -2.20. The first-order valence-electron chi connectivity index (χ1n) is 6.13. The first-order chi connectivity index (χ1) is 8.91. The van der Waals surface area contributed by atoms with Gasteiger partial charge in [0.25, 0.3) is 10.0 Å². The fraction of sp³-hybridized carbons (Fsp3) is 0.636. The molecule has 0 aromatic carbocycles. The Kier molecular flexibility index (Phi) is 3.91. The maximum Gasteiger partial charge on any atom is 0.261 e. The Bertz CT molecular complexity index is 566. The summed E-state index contributed by atoms with van der Waals surface area (Å²) in [6.07, 6.45) is 4.34. The van der Waals surface area contributed by atoms with Crippen molar-refractivity contribution in [1.82, 2.24) is 18.8 Å². The maximum atomic E-state index is 12.2. The van der Waals surface area contributed by atoms with Crippen LogP contribution in [0, 0.1) is 0 Å². The lowest BCUT2D eigenvalue weighted by atomic mass is 10.4. The number of rotatable bonds is 5. The summed E-state index contributed by atoms with van der Waals surface area (Å²) in [6.45, 7) is 1.43. The molecule has 1 aromatic rings. The largest absolute Gasteiger partial charge is 0.341 e. The molecule has 1 aromatic heterocycles. The molecule has 1 amide bonds. The third kappa shape index (κ3) is 2.95. The molecule has 1 saturated heterocycles. The van der Waals surface area contributed by atoms with Crippen molar-refractivity contribution in [1.29, 1.82) is 0 Å². The summed E-state index contributed by atoms with van der Waals surface area (Å²) in [5.41, 5.74) is 0. The van der Waals surface area contributed by atoms with Crippen LogP contribution < -0.4 is 0 Å². The zero-order valence-electron chi connectivity index (χ0n) is 11.1. The van der Waals surface area contributed by atoms with Crippen LogP contribution in [0.2, 0.25) is 0 Å². The van der Waals surface area contributed by atoms with Gasteiger partial charge in [0.2, 0.25) is 5.91 Å². The zero-order chi connectivity index (χ0) is 14.0. The fourth-order valence-corrected chi connectivity index (χ4v) is 3.13. The molecule has 2 rings (SSSR count). The van der Waals surface area contributed by atoms with E-state index in [1.54, 1.807) is 16.5 Å². The molecule has 1 aliphatic rings. The van der Waals surface area contributed by atoms with Gasteiger partial charge in [-0.1, -0.05) is 0 Å². The molecule has 0 aliphatic carbocycles. The van der Waals surface area contributed by atoms with Gasteiger partial charge < -0.3 is 9.47 Å². The molecule has 0 radical (unpaired) electrons. The number of imidazole rings is 1. The molecule has 0 bridgehead atoms. The summed E-state index contributed by atoms with van der Waals surface area (Å²) in [5.74, 6) is 0.101. The van der Waals surface area contributed by atoms with Gasteiger partial charge in [0, 0.05) is 46.3 Å². The number of sulfonamides is 1. The molecule has 1 fully saturated rings. The zero-order valence-corrected chi connectivity index (χ0v) is 11.9. The summed E-state index contributed by atoms with van der Waals surface area (Å²) < 4.78 is 27.2. The molecule has 1 aliphatic heterocycles. The van der Waals surface area contributed by atoms with E-state index in [-0.39, 0.29) is 17.5 Å². The molecular formula is C11H18N4O3S. The summed E-state index contributed by atoms with van der Waals surface area (Å²) in [4.78, 5) is 17.0. The van der Waals surface area contributed by atoms with Gasteiger partial charge in [0.05, 0.1) is 6.33 Å². The number of aryl methyl sites for hydroxylation is 1. The molecule has 0 unspecified atom stereocenters. The lowest BCUT2D eigenvalue weighted by molar-refractivity contribution is -0.127. The van der Waals surface area contributed by atoms with Crippen LogP contribution in [0.25, 0.3) is 0 Å². The average Bonchev–Trinajstić information content (AvgIpc) is 2.95. The molecule has 0 spiro atoms. The smallest absolute Gasteiger partial charge is 0.261 e. The van der Waals surface area contributed by atoms with Crippen LogP contribution >= 0.6 is 0 Å². The molecule has 106 valence electrons. The van der Waals surface area contributed by atoms with Gasteiger partial charge in [-0.3, -0.25) is 4.79 Å². The quantitative estimate of drug-likeness (QED) is 0.742. The second kappa shape index (κ2) is 5.30. The minimum absolute atomic E-state index is 0.0326. The highest BCUT2D eigenvalue weighted by atomic mass is 32.2. The van der Waals surface area contributed by atoms with Crippen molar-refractivity contribution in [2.45, 2.75) is 17.9 Å². The van der Waals surface area contributed by atoms with Crippen molar-refractivity contribution >= 4 is 15.9 Å². The molecule has 8 heteroatoms. The van der Waals surface area contributed by atoms with Crippen LogP contribution in [0.1, 0.15) is 12.8 Å². The van der Waals surface area contributed by atoms with E-state index < -0.39 is 10.0 Å². The number of carbonyl (C=O) groups excluding carboxylic acids is 1. The van der Waals surface area contributed by atoms with E-state index in [4.69, 9.17) is 0 Å². The van der Waals surface area contributed by atoms with E-state index >= 15 is 0 Å². The summed E-state index contributed by atoms with van der Waals surface area (Å²) in [7, 11) is -0.342. The highest BCUT2D eigenvalue weighted by Gasteiger charge is 2.25.